The lowest BCUT2D eigenvalue weighted by Crippen LogP contribution is -2.23. The van der Waals surface area contributed by atoms with Gasteiger partial charge in [-0.15, -0.1) is 5.10 Å². The summed E-state index contributed by atoms with van der Waals surface area (Å²) in [6.07, 6.45) is 4.98. The Labute approximate surface area is 151 Å². The Balaban J connectivity index is 1.66. The minimum absolute atomic E-state index is 0.0265. The first kappa shape index (κ1) is 18.0. The van der Waals surface area contributed by atoms with Crippen molar-refractivity contribution in [3.63, 3.8) is 0 Å². The summed E-state index contributed by atoms with van der Waals surface area (Å²) in [5, 5.41) is 7.97. The third kappa shape index (κ3) is 4.44. The Kier molecular flexibility index (Phi) is 5.29. The van der Waals surface area contributed by atoms with E-state index in [-0.39, 0.29) is 17.5 Å². The van der Waals surface area contributed by atoms with Gasteiger partial charge >= 0.3 is 0 Å². The highest BCUT2D eigenvalue weighted by Gasteiger charge is 2.15. The van der Waals surface area contributed by atoms with Gasteiger partial charge in [0, 0.05) is 12.4 Å². The highest BCUT2D eigenvalue weighted by atomic mass is 32.2. The largest absolute Gasteiger partial charge is 0.491 e. The maximum atomic E-state index is 12.4. The molecule has 8 nitrogen and oxygen atoms in total. The van der Waals surface area contributed by atoms with Gasteiger partial charge in [0.15, 0.2) is 0 Å². The van der Waals surface area contributed by atoms with Crippen molar-refractivity contribution in [3.05, 3.63) is 60.7 Å². The lowest BCUT2D eigenvalue weighted by Gasteiger charge is -2.10. The number of ether oxygens (including phenoxy) is 1. The molecular weight excluding hydrogens is 354 g/mol. The summed E-state index contributed by atoms with van der Waals surface area (Å²) in [4.78, 5) is 4.10. The Morgan fingerprint density at radius 3 is 2.46 bits per heavy atom. The molecule has 0 saturated heterocycles. The molecule has 0 unspecified atom stereocenters. The molecule has 26 heavy (non-hydrogen) atoms. The van der Waals surface area contributed by atoms with Crippen LogP contribution in [0.25, 0.3) is 5.69 Å². The zero-order valence-corrected chi connectivity index (χ0v) is 15.2. The van der Waals surface area contributed by atoms with Gasteiger partial charge < -0.3 is 4.74 Å². The Hall–Kier alpha value is -2.78. The monoisotopic (exact) mass is 373 g/mol. The van der Waals surface area contributed by atoms with Crippen LogP contribution in [0, 0.1) is 0 Å². The molecule has 3 rings (SSSR count). The minimum Gasteiger partial charge on any atom is -0.491 e. The van der Waals surface area contributed by atoms with Crippen molar-refractivity contribution in [2.75, 3.05) is 0 Å². The molecule has 0 aliphatic heterocycles. The number of hydrogen-bond acceptors (Lipinski definition) is 6. The van der Waals surface area contributed by atoms with Gasteiger partial charge in [-0.25, -0.2) is 17.8 Å². The summed E-state index contributed by atoms with van der Waals surface area (Å²) in [5.74, 6) is 0.624. The van der Waals surface area contributed by atoms with E-state index in [0.717, 1.165) is 5.69 Å². The van der Waals surface area contributed by atoms with Crippen LogP contribution in [-0.2, 0) is 16.6 Å². The maximum absolute atomic E-state index is 12.4. The molecule has 2 heterocycles. The van der Waals surface area contributed by atoms with Crippen molar-refractivity contribution in [1.82, 2.24) is 24.7 Å². The number of pyridine rings is 1. The summed E-state index contributed by atoms with van der Waals surface area (Å²) in [6.45, 7) is 3.86. The summed E-state index contributed by atoms with van der Waals surface area (Å²) < 4.78 is 34.4. The highest BCUT2D eigenvalue weighted by Crippen LogP contribution is 2.17. The molecule has 0 aliphatic rings. The van der Waals surface area contributed by atoms with E-state index in [0.29, 0.717) is 11.4 Å². The van der Waals surface area contributed by atoms with E-state index in [9.17, 15) is 8.42 Å². The van der Waals surface area contributed by atoms with Crippen LogP contribution < -0.4 is 9.46 Å². The molecule has 0 bridgehead atoms. The van der Waals surface area contributed by atoms with Crippen molar-refractivity contribution in [2.24, 2.45) is 0 Å². The van der Waals surface area contributed by atoms with Gasteiger partial charge in [-0.2, -0.15) is 0 Å². The average molecular weight is 373 g/mol. The minimum atomic E-state index is -3.65. The Morgan fingerprint density at radius 1 is 1.12 bits per heavy atom. The number of nitrogens with one attached hydrogen (secondary N) is 1. The van der Waals surface area contributed by atoms with E-state index in [1.54, 1.807) is 47.5 Å². The zero-order chi connectivity index (χ0) is 18.6. The fourth-order valence-electron chi connectivity index (χ4n) is 2.22. The lowest BCUT2D eigenvalue weighted by atomic mass is 10.3. The first-order valence-corrected chi connectivity index (χ1v) is 9.50. The number of sulfonamides is 1. The fourth-order valence-corrected chi connectivity index (χ4v) is 3.22. The summed E-state index contributed by atoms with van der Waals surface area (Å²) in [7, 11) is -3.65. The van der Waals surface area contributed by atoms with E-state index < -0.39 is 10.0 Å². The normalized spacial score (nSPS) is 11.7. The molecule has 1 N–H and O–H groups in total. The molecule has 0 atom stereocenters. The van der Waals surface area contributed by atoms with Crippen LogP contribution in [0.4, 0.5) is 0 Å². The second kappa shape index (κ2) is 7.63. The predicted octanol–water partition coefficient (Wildman–Crippen LogP) is 1.93. The predicted molar refractivity (Wildman–Crippen MR) is 95.4 cm³/mol. The third-order valence-electron chi connectivity index (χ3n) is 3.42. The van der Waals surface area contributed by atoms with Crippen molar-refractivity contribution >= 4 is 10.0 Å². The standard InChI is InChI=1S/C17H19N5O3S/c1-13(2)25-16-3-5-17(6-4-16)26(23,24)19-11-14-12-22(21-20-14)15-7-9-18-10-8-15/h3-10,12-13,19H,11H2,1-2H3. The third-order valence-corrected chi connectivity index (χ3v) is 4.83. The number of rotatable bonds is 7. The molecule has 1 aromatic carbocycles. The molecular formula is C17H19N5O3S. The molecule has 0 spiro atoms. The number of aromatic nitrogens is 4. The molecule has 3 aromatic rings. The fraction of sp³-hybridized carbons (Fsp3) is 0.235. The summed E-state index contributed by atoms with van der Waals surface area (Å²) in [5.41, 5.74) is 1.30. The van der Waals surface area contributed by atoms with E-state index in [4.69, 9.17) is 4.74 Å². The van der Waals surface area contributed by atoms with Gasteiger partial charge in [0.25, 0.3) is 0 Å². The van der Waals surface area contributed by atoms with Gasteiger partial charge in [0.05, 0.1) is 35.1 Å². The molecule has 9 heteroatoms. The Morgan fingerprint density at radius 2 is 1.81 bits per heavy atom. The second-order valence-electron chi connectivity index (χ2n) is 5.82. The van der Waals surface area contributed by atoms with Crippen molar-refractivity contribution in [3.8, 4) is 11.4 Å². The van der Waals surface area contributed by atoms with E-state index in [1.807, 2.05) is 13.8 Å². The van der Waals surface area contributed by atoms with Crippen LogP contribution in [0.1, 0.15) is 19.5 Å². The number of benzene rings is 1. The molecule has 136 valence electrons. The zero-order valence-electron chi connectivity index (χ0n) is 14.4. The van der Waals surface area contributed by atoms with Gasteiger partial charge in [-0.05, 0) is 50.2 Å². The van der Waals surface area contributed by atoms with Crippen molar-refractivity contribution in [2.45, 2.75) is 31.4 Å². The quantitative estimate of drug-likeness (QED) is 0.679. The molecule has 0 fully saturated rings. The van der Waals surface area contributed by atoms with Gasteiger partial charge in [-0.1, -0.05) is 5.21 Å². The van der Waals surface area contributed by atoms with Crippen LogP contribution in [0.5, 0.6) is 5.75 Å². The highest BCUT2D eigenvalue weighted by molar-refractivity contribution is 7.89. The Bertz CT molecular complexity index is 954. The van der Waals surface area contributed by atoms with Crippen LogP contribution >= 0.6 is 0 Å². The molecule has 0 aliphatic carbocycles. The first-order valence-electron chi connectivity index (χ1n) is 8.02. The SMILES string of the molecule is CC(C)Oc1ccc(S(=O)(=O)NCc2cn(-c3ccncc3)nn2)cc1. The summed E-state index contributed by atoms with van der Waals surface area (Å²) >= 11 is 0. The van der Waals surface area contributed by atoms with Crippen molar-refractivity contribution < 1.29 is 13.2 Å². The van der Waals surface area contributed by atoms with Crippen LogP contribution in [0.3, 0.4) is 0 Å². The molecule has 0 saturated carbocycles. The molecule has 0 amide bonds. The maximum Gasteiger partial charge on any atom is 0.240 e. The van der Waals surface area contributed by atoms with Gasteiger partial charge in [-0.3, -0.25) is 4.98 Å². The van der Waals surface area contributed by atoms with Crippen LogP contribution in [-0.4, -0.2) is 34.5 Å². The molecule has 2 aromatic heterocycles. The number of hydrogen-bond donors (Lipinski definition) is 1. The average Bonchev–Trinajstić information content (AvgIpc) is 3.10. The van der Waals surface area contributed by atoms with Crippen molar-refractivity contribution in [1.29, 1.82) is 0 Å². The van der Waals surface area contributed by atoms with Gasteiger partial charge in [0.2, 0.25) is 10.0 Å². The van der Waals surface area contributed by atoms with Gasteiger partial charge in [0.1, 0.15) is 5.75 Å². The first-order chi connectivity index (χ1) is 12.4. The number of nitrogens with zero attached hydrogens (tertiary/aromatic N) is 4. The second-order valence-corrected chi connectivity index (χ2v) is 7.59. The molecule has 0 radical (unpaired) electrons. The topological polar surface area (TPSA) is 99.0 Å². The smallest absolute Gasteiger partial charge is 0.240 e. The van der Waals surface area contributed by atoms with E-state index in [1.165, 1.54) is 12.1 Å². The van der Waals surface area contributed by atoms with Crippen LogP contribution in [0.2, 0.25) is 0 Å². The van der Waals surface area contributed by atoms with Crippen LogP contribution in [0.15, 0.2) is 59.9 Å². The lowest BCUT2D eigenvalue weighted by molar-refractivity contribution is 0.242. The van der Waals surface area contributed by atoms with E-state index in [2.05, 4.69) is 20.0 Å². The van der Waals surface area contributed by atoms with E-state index >= 15 is 0 Å². The summed E-state index contributed by atoms with van der Waals surface area (Å²) in [6, 6.07) is 9.84.